The fourth-order valence-corrected chi connectivity index (χ4v) is 2.83. The van der Waals surface area contributed by atoms with Crippen LogP contribution in [0.3, 0.4) is 0 Å². The molecule has 0 aliphatic carbocycles. The third kappa shape index (κ3) is 6.64. The van der Waals surface area contributed by atoms with Gasteiger partial charge in [-0.1, -0.05) is 17.7 Å². The van der Waals surface area contributed by atoms with Crippen LogP contribution in [-0.2, 0) is 25.1 Å². The minimum absolute atomic E-state index is 0.0301. The lowest BCUT2D eigenvalue weighted by atomic mass is 10.1. The zero-order valence-electron chi connectivity index (χ0n) is 12.2. The molecule has 0 aromatic heterocycles. The number of ether oxygens (including phenoxy) is 1. The van der Waals surface area contributed by atoms with E-state index in [1.807, 2.05) is 19.1 Å². The number of ketones is 1. The standard InChI is InChI=1S/C15H20O5S/c1-3-20-15(18)9-12(16)8-13(17)10-21(19)14-6-4-11(2)5-7-14/h4-7,13,17H,3,8-10H2,1-2H3/t13-,21+/m0/s1. The Morgan fingerprint density at radius 3 is 2.48 bits per heavy atom. The Balaban J connectivity index is 2.44. The van der Waals surface area contributed by atoms with E-state index in [4.69, 9.17) is 0 Å². The molecule has 0 saturated carbocycles. The summed E-state index contributed by atoms with van der Waals surface area (Å²) in [6.07, 6.45) is -1.59. The highest BCUT2D eigenvalue weighted by Gasteiger charge is 2.18. The molecular formula is C15H20O5S. The minimum Gasteiger partial charge on any atom is -0.466 e. The van der Waals surface area contributed by atoms with E-state index >= 15 is 0 Å². The van der Waals surface area contributed by atoms with Crippen LogP contribution >= 0.6 is 0 Å². The van der Waals surface area contributed by atoms with Crippen LogP contribution in [0.25, 0.3) is 0 Å². The molecule has 0 fully saturated rings. The number of aliphatic hydroxyl groups excluding tert-OH is 1. The fourth-order valence-electron chi connectivity index (χ4n) is 1.73. The number of hydrogen-bond acceptors (Lipinski definition) is 5. The lowest BCUT2D eigenvalue weighted by Crippen LogP contribution is -2.22. The van der Waals surface area contributed by atoms with Gasteiger partial charge in [0.15, 0.2) is 0 Å². The van der Waals surface area contributed by atoms with E-state index in [0.717, 1.165) is 5.56 Å². The van der Waals surface area contributed by atoms with Crippen molar-refractivity contribution in [3.8, 4) is 0 Å². The van der Waals surface area contributed by atoms with Crippen LogP contribution in [0.4, 0.5) is 0 Å². The second-order valence-electron chi connectivity index (χ2n) is 4.70. The molecule has 0 spiro atoms. The van der Waals surface area contributed by atoms with E-state index in [1.54, 1.807) is 19.1 Å². The first kappa shape index (κ1) is 17.5. The largest absolute Gasteiger partial charge is 0.466 e. The average molecular weight is 312 g/mol. The van der Waals surface area contributed by atoms with Crippen molar-refractivity contribution in [3.63, 3.8) is 0 Å². The molecule has 2 atom stereocenters. The third-order valence-electron chi connectivity index (χ3n) is 2.74. The quantitative estimate of drug-likeness (QED) is 0.579. The van der Waals surface area contributed by atoms with Gasteiger partial charge in [0.1, 0.15) is 12.2 Å². The Morgan fingerprint density at radius 1 is 1.29 bits per heavy atom. The number of hydrogen-bond donors (Lipinski definition) is 1. The first-order valence-electron chi connectivity index (χ1n) is 6.72. The summed E-state index contributed by atoms with van der Waals surface area (Å²) in [6.45, 7) is 3.80. The summed E-state index contributed by atoms with van der Waals surface area (Å²) in [7, 11) is -1.37. The van der Waals surface area contributed by atoms with Gasteiger partial charge in [-0.05, 0) is 26.0 Å². The molecule has 0 unspecified atom stereocenters. The highest BCUT2D eigenvalue weighted by Crippen LogP contribution is 2.11. The number of esters is 1. The SMILES string of the molecule is CCOC(=O)CC(=O)C[C@H](O)C[S@@](=O)c1ccc(C)cc1. The second kappa shape index (κ2) is 8.69. The summed E-state index contributed by atoms with van der Waals surface area (Å²) < 4.78 is 16.7. The molecule has 1 N–H and O–H groups in total. The van der Waals surface area contributed by atoms with Crippen LogP contribution in [0.15, 0.2) is 29.2 Å². The van der Waals surface area contributed by atoms with Gasteiger partial charge in [0.2, 0.25) is 0 Å². The summed E-state index contributed by atoms with van der Waals surface area (Å²) in [5.74, 6) is -1.05. The fraction of sp³-hybridized carbons (Fsp3) is 0.467. The first-order chi connectivity index (χ1) is 9.92. The Hall–Kier alpha value is -1.53. The van der Waals surface area contributed by atoms with Gasteiger partial charge in [-0.2, -0.15) is 0 Å². The molecule has 6 heteroatoms. The van der Waals surface area contributed by atoms with Crippen molar-refractivity contribution in [1.82, 2.24) is 0 Å². The summed E-state index contributed by atoms with van der Waals surface area (Å²) in [5.41, 5.74) is 1.06. The summed E-state index contributed by atoms with van der Waals surface area (Å²) in [4.78, 5) is 23.3. The molecule has 1 aromatic carbocycles. The number of carbonyl (C=O) groups is 2. The van der Waals surface area contributed by atoms with E-state index < -0.39 is 28.7 Å². The summed E-state index contributed by atoms with van der Waals surface area (Å²) in [5, 5.41) is 9.78. The van der Waals surface area contributed by atoms with Crippen molar-refractivity contribution in [1.29, 1.82) is 0 Å². The van der Waals surface area contributed by atoms with E-state index in [-0.39, 0.29) is 25.2 Å². The van der Waals surface area contributed by atoms with Crippen LogP contribution in [-0.4, -0.2) is 39.5 Å². The topological polar surface area (TPSA) is 80.7 Å². The van der Waals surface area contributed by atoms with Gasteiger partial charge >= 0.3 is 5.97 Å². The van der Waals surface area contributed by atoms with E-state index in [0.29, 0.717) is 4.90 Å². The van der Waals surface area contributed by atoms with Crippen molar-refractivity contribution < 1.29 is 23.6 Å². The molecule has 1 aromatic rings. The monoisotopic (exact) mass is 312 g/mol. The van der Waals surface area contributed by atoms with Crippen molar-refractivity contribution in [2.24, 2.45) is 0 Å². The van der Waals surface area contributed by atoms with Gasteiger partial charge in [0, 0.05) is 11.3 Å². The predicted octanol–water partition coefficient (Wildman–Crippen LogP) is 1.38. The van der Waals surface area contributed by atoms with E-state index in [1.165, 1.54) is 0 Å². The van der Waals surface area contributed by atoms with Gasteiger partial charge in [0.05, 0.1) is 29.3 Å². The molecule has 0 aliphatic heterocycles. The Bertz CT molecular complexity index is 509. The molecule has 0 aliphatic rings. The molecule has 21 heavy (non-hydrogen) atoms. The molecule has 0 radical (unpaired) electrons. The van der Waals surface area contributed by atoms with Crippen LogP contribution in [0.5, 0.6) is 0 Å². The van der Waals surface area contributed by atoms with E-state index in [9.17, 15) is 18.9 Å². The Kier molecular flexibility index (Phi) is 7.25. The average Bonchev–Trinajstić information content (AvgIpc) is 2.38. The van der Waals surface area contributed by atoms with Gasteiger partial charge in [-0.3, -0.25) is 13.8 Å². The normalized spacial score (nSPS) is 13.5. The maximum absolute atomic E-state index is 12.0. The van der Waals surface area contributed by atoms with Crippen LogP contribution in [0, 0.1) is 6.92 Å². The van der Waals surface area contributed by atoms with E-state index in [2.05, 4.69) is 4.74 Å². The van der Waals surface area contributed by atoms with Crippen LogP contribution < -0.4 is 0 Å². The number of Topliss-reactive ketones (excluding diaryl/α,β-unsaturated/α-hetero) is 1. The molecule has 0 saturated heterocycles. The van der Waals surface area contributed by atoms with Crippen LogP contribution in [0.1, 0.15) is 25.3 Å². The molecule has 0 bridgehead atoms. The number of carbonyl (C=O) groups excluding carboxylic acids is 2. The maximum atomic E-state index is 12.0. The molecule has 0 amide bonds. The van der Waals surface area contributed by atoms with Crippen molar-refractivity contribution in [3.05, 3.63) is 29.8 Å². The van der Waals surface area contributed by atoms with Gasteiger partial charge in [-0.25, -0.2) is 0 Å². The number of aliphatic hydroxyl groups is 1. The van der Waals surface area contributed by atoms with Crippen molar-refractivity contribution in [2.75, 3.05) is 12.4 Å². The zero-order valence-corrected chi connectivity index (χ0v) is 13.0. The summed E-state index contributed by atoms with van der Waals surface area (Å²) in [6, 6.07) is 7.15. The number of benzene rings is 1. The molecular weight excluding hydrogens is 292 g/mol. The summed E-state index contributed by atoms with van der Waals surface area (Å²) >= 11 is 0. The predicted molar refractivity (Wildman–Crippen MR) is 79.3 cm³/mol. The van der Waals surface area contributed by atoms with Gasteiger partial charge in [0.25, 0.3) is 0 Å². The molecule has 116 valence electrons. The maximum Gasteiger partial charge on any atom is 0.313 e. The Labute approximate surface area is 126 Å². The zero-order chi connectivity index (χ0) is 15.8. The molecule has 5 nitrogen and oxygen atoms in total. The van der Waals surface area contributed by atoms with Gasteiger partial charge in [-0.15, -0.1) is 0 Å². The highest BCUT2D eigenvalue weighted by molar-refractivity contribution is 7.85. The highest BCUT2D eigenvalue weighted by atomic mass is 32.2. The van der Waals surface area contributed by atoms with Gasteiger partial charge < -0.3 is 9.84 Å². The van der Waals surface area contributed by atoms with Crippen LogP contribution in [0.2, 0.25) is 0 Å². The second-order valence-corrected chi connectivity index (χ2v) is 6.20. The first-order valence-corrected chi connectivity index (χ1v) is 8.04. The molecule has 0 heterocycles. The number of aryl methyl sites for hydroxylation is 1. The third-order valence-corrected chi connectivity index (χ3v) is 4.22. The lowest BCUT2D eigenvalue weighted by Gasteiger charge is -2.09. The minimum atomic E-state index is -1.37. The van der Waals surface area contributed by atoms with Crippen molar-refractivity contribution >= 4 is 22.6 Å². The Morgan fingerprint density at radius 2 is 1.90 bits per heavy atom. The van der Waals surface area contributed by atoms with Crippen molar-refractivity contribution in [2.45, 2.75) is 37.7 Å². The number of rotatable bonds is 8. The smallest absolute Gasteiger partial charge is 0.313 e. The lowest BCUT2D eigenvalue weighted by molar-refractivity contribution is -0.145. The molecule has 1 rings (SSSR count).